The molecular weight excluding hydrogens is 408 g/mol. The molecule has 1 saturated heterocycles. The molecule has 0 aliphatic carbocycles. The SMILES string of the molecule is CC(C)[C@H](NS(=O)(=O)c1ccc2c(c1)oc1ccc(N3CCOCC3)cc12)C(=O)O. The van der Waals surface area contributed by atoms with Crippen molar-refractivity contribution in [1.29, 1.82) is 0 Å². The molecule has 2 N–H and O–H groups in total. The normalized spacial score (nSPS) is 16.4. The zero-order valence-electron chi connectivity index (χ0n) is 16.8. The van der Waals surface area contributed by atoms with Crippen molar-refractivity contribution in [1.82, 2.24) is 4.72 Å². The standard InChI is InChI=1S/C21H24N2O6S/c1-13(2)20(21(24)25)22-30(26,27)15-4-5-16-17-11-14(23-7-9-28-10-8-23)3-6-18(17)29-19(16)12-15/h3-6,11-13,20,22H,7-10H2,1-2H3,(H,24,25)/t20-/m0/s1. The lowest BCUT2D eigenvalue weighted by atomic mass is 10.1. The number of rotatable bonds is 6. The zero-order valence-corrected chi connectivity index (χ0v) is 17.6. The van der Waals surface area contributed by atoms with Crippen LogP contribution < -0.4 is 9.62 Å². The second-order valence-corrected chi connectivity index (χ2v) is 9.44. The third-order valence-corrected chi connectivity index (χ3v) is 6.77. The molecule has 0 unspecified atom stereocenters. The van der Waals surface area contributed by atoms with Crippen molar-refractivity contribution in [2.45, 2.75) is 24.8 Å². The van der Waals surface area contributed by atoms with Gasteiger partial charge in [0, 0.05) is 35.6 Å². The molecule has 0 bridgehead atoms. The monoisotopic (exact) mass is 432 g/mol. The fraction of sp³-hybridized carbons (Fsp3) is 0.381. The van der Waals surface area contributed by atoms with E-state index < -0.39 is 28.0 Å². The predicted octanol–water partition coefficient (Wildman–Crippen LogP) is 2.81. The summed E-state index contributed by atoms with van der Waals surface area (Å²) in [4.78, 5) is 13.6. The molecular formula is C21H24N2O6S. The average Bonchev–Trinajstić information content (AvgIpc) is 3.09. The van der Waals surface area contributed by atoms with Gasteiger partial charge in [-0.2, -0.15) is 4.72 Å². The van der Waals surface area contributed by atoms with Gasteiger partial charge in [-0.3, -0.25) is 4.79 Å². The van der Waals surface area contributed by atoms with E-state index in [1.54, 1.807) is 19.9 Å². The van der Waals surface area contributed by atoms with Crippen LogP contribution in [0.5, 0.6) is 0 Å². The third kappa shape index (κ3) is 3.88. The predicted molar refractivity (Wildman–Crippen MR) is 113 cm³/mol. The molecule has 0 radical (unpaired) electrons. The maximum atomic E-state index is 12.7. The van der Waals surface area contributed by atoms with Crippen LogP contribution in [0.25, 0.3) is 21.9 Å². The van der Waals surface area contributed by atoms with Crippen molar-refractivity contribution in [2.75, 3.05) is 31.2 Å². The first kappa shape index (κ1) is 20.6. The highest BCUT2D eigenvalue weighted by Gasteiger charge is 2.28. The second-order valence-electron chi connectivity index (χ2n) is 7.72. The molecule has 2 heterocycles. The highest BCUT2D eigenvalue weighted by Crippen LogP contribution is 2.33. The molecule has 2 aromatic carbocycles. The Morgan fingerprint density at radius 2 is 1.80 bits per heavy atom. The number of fused-ring (bicyclic) bond motifs is 3. The first-order valence-electron chi connectivity index (χ1n) is 9.80. The second kappa shape index (κ2) is 7.90. The van der Waals surface area contributed by atoms with Gasteiger partial charge in [-0.05, 0) is 36.2 Å². The summed E-state index contributed by atoms with van der Waals surface area (Å²) in [6.45, 7) is 6.30. The zero-order chi connectivity index (χ0) is 21.5. The molecule has 1 aromatic heterocycles. The highest BCUT2D eigenvalue weighted by atomic mass is 32.2. The number of hydrogen-bond acceptors (Lipinski definition) is 6. The average molecular weight is 432 g/mol. The van der Waals surface area contributed by atoms with E-state index in [-0.39, 0.29) is 4.90 Å². The van der Waals surface area contributed by atoms with E-state index in [0.717, 1.165) is 29.5 Å². The number of carboxylic acids is 1. The van der Waals surface area contributed by atoms with Crippen LogP contribution in [0.15, 0.2) is 45.7 Å². The van der Waals surface area contributed by atoms with Gasteiger partial charge in [0.2, 0.25) is 10.0 Å². The van der Waals surface area contributed by atoms with Crippen LogP contribution in [-0.2, 0) is 19.6 Å². The summed E-state index contributed by atoms with van der Waals surface area (Å²) >= 11 is 0. The summed E-state index contributed by atoms with van der Waals surface area (Å²) in [5.41, 5.74) is 2.16. The fourth-order valence-electron chi connectivity index (χ4n) is 3.64. The largest absolute Gasteiger partial charge is 0.480 e. The lowest BCUT2D eigenvalue weighted by molar-refractivity contribution is -0.140. The molecule has 30 heavy (non-hydrogen) atoms. The Kier molecular flexibility index (Phi) is 5.44. The van der Waals surface area contributed by atoms with Crippen molar-refractivity contribution < 1.29 is 27.5 Å². The number of ether oxygens (including phenoxy) is 1. The quantitative estimate of drug-likeness (QED) is 0.616. The van der Waals surface area contributed by atoms with Crippen LogP contribution in [0.3, 0.4) is 0 Å². The molecule has 0 saturated carbocycles. The number of carboxylic acid groups (broad SMARTS) is 1. The minimum atomic E-state index is -4.02. The minimum Gasteiger partial charge on any atom is -0.480 e. The molecule has 4 rings (SSSR count). The molecule has 0 spiro atoms. The number of morpholine rings is 1. The van der Waals surface area contributed by atoms with Crippen molar-refractivity contribution in [3.8, 4) is 0 Å². The lowest BCUT2D eigenvalue weighted by Gasteiger charge is -2.28. The fourth-order valence-corrected chi connectivity index (χ4v) is 4.99. The molecule has 1 atom stereocenters. The molecule has 1 fully saturated rings. The Morgan fingerprint density at radius 1 is 1.07 bits per heavy atom. The van der Waals surface area contributed by atoms with Gasteiger partial charge in [0.25, 0.3) is 0 Å². The van der Waals surface area contributed by atoms with Crippen molar-refractivity contribution in [3.63, 3.8) is 0 Å². The van der Waals surface area contributed by atoms with Gasteiger partial charge in [0.1, 0.15) is 17.2 Å². The van der Waals surface area contributed by atoms with Crippen LogP contribution in [0.2, 0.25) is 0 Å². The van der Waals surface area contributed by atoms with Crippen LogP contribution in [0.1, 0.15) is 13.8 Å². The molecule has 9 heteroatoms. The number of sulfonamides is 1. The van der Waals surface area contributed by atoms with E-state index in [2.05, 4.69) is 9.62 Å². The van der Waals surface area contributed by atoms with Crippen LogP contribution in [0.4, 0.5) is 5.69 Å². The van der Waals surface area contributed by atoms with Gasteiger partial charge >= 0.3 is 5.97 Å². The summed E-state index contributed by atoms with van der Waals surface area (Å²) in [6, 6.07) is 9.30. The van der Waals surface area contributed by atoms with Crippen LogP contribution in [0, 0.1) is 5.92 Å². The Hall–Kier alpha value is -2.62. The highest BCUT2D eigenvalue weighted by molar-refractivity contribution is 7.89. The number of hydrogen-bond donors (Lipinski definition) is 2. The van der Waals surface area contributed by atoms with E-state index in [9.17, 15) is 18.3 Å². The smallest absolute Gasteiger partial charge is 0.322 e. The Bertz CT molecular complexity index is 1190. The summed E-state index contributed by atoms with van der Waals surface area (Å²) in [6.07, 6.45) is 0. The van der Waals surface area contributed by atoms with E-state index >= 15 is 0 Å². The Balaban J connectivity index is 1.70. The van der Waals surface area contributed by atoms with Gasteiger partial charge < -0.3 is 19.2 Å². The number of nitrogens with one attached hydrogen (secondary N) is 1. The number of furan rings is 1. The first-order chi connectivity index (χ1) is 14.3. The molecule has 1 aliphatic rings. The summed E-state index contributed by atoms with van der Waals surface area (Å²) in [5, 5.41) is 11.0. The molecule has 0 amide bonds. The molecule has 3 aromatic rings. The molecule has 8 nitrogen and oxygen atoms in total. The van der Waals surface area contributed by atoms with E-state index in [0.29, 0.717) is 24.4 Å². The summed E-state index contributed by atoms with van der Waals surface area (Å²) in [7, 11) is -4.02. The van der Waals surface area contributed by atoms with Gasteiger partial charge in [-0.1, -0.05) is 13.8 Å². The Morgan fingerprint density at radius 3 is 2.47 bits per heavy atom. The van der Waals surface area contributed by atoms with Crippen LogP contribution in [-0.4, -0.2) is 51.8 Å². The summed E-state index contributed by atoms with van der Waals surface area (Å²) < 4.78 is 39.0. The maximum Gasteiger partial charge on any atom is 0.322 e. The van der Waals surface area contributed by atoms with Gasteiger partial charge in [-0.15, -0.1) is 0 Å². The van der Waals surface area contributed by atoms with E-state index in [4.69, 9.17) is 9.15 Å². The number of aliphatic carboxylic acids is 1. The summed E-state index contributed by atoms with van der Waals surface area (Å²) in [5.74, 6) is -1.61. The van der Waals surface area contributed by atoms with Gasteiger partial charge in [-0.25, -0.2) is 8.42 Å². The van der Waals surface area contributed by atoms with Crippen LogP contribution >= 0.6 is 0 Å². The van der Waals surface area contributed by atoms with Crippen molar-refractivity contribution in [2.24, 2.45) is 5.92 Å². The van der Waals surface area contributed by atoms with Crippen molar-refractivity contribution >= 4 is 43.6 Å². The van der Waals surface area contributed by atoms with Gasteiger partial charge in [0.05, 0.1) is 18.1 Å². The van der Waals surface area contributed by atoms with Gasteiger partial charge in [0.15, 0.2) is 0 Å². The topological polar surface area (TPSA) is 109 Å². The Labute approximate surface area is 174 Å². The lowest BCUT2D eigenvalue weighted by Crippen LogP contribution is -2.44. The molecule has 1 aliphatic heterocycles. The van der Waals surface area contributed by atoms with E-state index in [1.165, 1.54) is 12.1 Å². The maximum absolute atomic E-state index is 12.7. The molecule has 160 valence electrons. The third-order valence-electron chi connectivity index (χ3n) is 5.33. The van der Waals surface area contributed by atoms with E-state index in [1.807, 2.05) is 18.2 Å². The number of anilines is 1. The van der Waals surface area contributed by atoms with Crippen molar-refractivity contribution in [3.05, 3.63) is 36.4 Å². The minimum absolute atomic E-state index is 0.0330. The number of carbonyl (C=O) groups is 1. The number of nitrogens with zero attached hydrogens (tertiary/aromatic N) is 1. The first-order valence-corrected chi connectivity index (χ1v) is 11.3. The number of benzene rings is 2.